The standard InChI is InChI=1S/C11H15NO4S/c1-3-10(11(13)14)17(15,16)7-9-4-8(2)5-12-6-9/h4-6,10H,3,7H2,1-2H3,(H,13,14). The zero-order chi connectivity index (χ0) is 13.1. The summed E-state index contributed by atoms with van der Waals surface area (Å²) in [7, 11) is -3.68. The van der Waals surface area contributed by atoms with Crippen molar-refractivity contribution in [2.24, 2.45) is 0 Å². The van der Waals surface area contributed by atoms with Crippen molar-refractivity contribution in [1.29, 1.82) is 0 Å². The van der Waals surface area contributed by atoms with Gasteiger partial charge in [0.15, 0.2) is 15.1 Å². The lowest BCUT2D eigenvalue weighted by atomic mass is 10.2. The average molecular weight is 257 g/mol. The van der Waals surface area contributed by atoms with Crippen LogP contribution in [0.5, 0.6) is 0 Å². The molecule has 5 nitrogen and oxygen atoms in total. The molecular formula is C11H15NO4S. The minimum absolute atomic E-state index is 0.0664. The fourth-order valence-electron chi connectivity index (χ4n) is 1.61. The number of aryl methyl sites for hydroxylation is 1. The van der Waals surface area contributed by atoms with Gasteiger partial charge in [0.25, 0.3) is 0 Å². The molecule has 0 saturated carbocycles. The molecule has 0 aromatic carbocycles. The van der Waals surface area contributed by atoms with Crippen LogP contribution in [-0.2, 0) is 20.4 Å². The van der Waals surface area contributed by atoms with Crippen LogP contribution in [0.1, 0.15) is 24.5 Å². The van der Waals surface area contributed by atoms with E-state index in [1.807, 2.05) is 0 Å². The lowest BCUT2D eigenvalue weighted by Crippen LogP contribution is -2.30. The third-order valence-corrected chi connectivity index (χ3v) is 4.52. The number of aliphatic carboxylic acids is 1. The van der Waals surface area contributed by atoms with Gasteiger partial charge in [0.2, 0.25) is 0 Å². The number of nitrogens with zero attached hydrogens (tertiary/aromatic N) is 1. The van der Waals surface area contributed by atoms with E-state index in [2.05, 4.69) is 4.98 Å². The molecule has 6 heteroatoms. The lowest BCUT2D eigenvalue weighted by molar-refractivity contribution is -0.136. The second-order valence-corrected chi connectivity index (χ2v) is 6.10. The molecule has 1 N–H and O–H groups in total. The zero-order valence-corrected chi connectivity index (χ0v) is 10.6. The SMILES string of the molecule is CCC(C(=O)O)S(=O)(=O)Cc1cncc(C)c1. The van der Waals surface area contributed by atoms with Crippen molar-refractivity contribution in [1.82, 2.24) is 4.98 Å². The third kappa shape index (κ3) is 3.52. The molecule has 17 heavy (non-hydrogen) atoms. The van der Waals surface area contributed by atoms with Crippen LogP contribution in [0.3, 0.4) is 0 Å². The maximum absolute atomic E-state index is 11.9. The van der Waals surface area contributed by atoms with Gasteiger partial charge in [-0.05, 0) is 24.5 Å². The van der Waals surface area contributed by atoms with Crippen LogP contribution in [0.2, 0.25) is 0 Å². The fourth-order valence-corrected chi connectivity index (χ4v) is 3.25. The number of carbonyl (C=O) groups is 1. The summed E-state index contributed by atoms with van der Waals surface area (Å²) < 4.78 is 23.8. The maximum atomic E-state index is 11.9. The summed E-state index contributed by atoms with van der Waals surface area (Å²) in [6.45, 7) is 3.35. The molecule has 0 saturated heterocycles. The van der Waals surface area contributed by atoms with Crippen LogP contribution in [0, 0.1) is 6.92 Å². The van der Waals surface area contributed by atoms with Crippen molar-refractivity contribution in [2.75, 3.05) is 0 Å². The van der Waals surface area contributed by atoms with Crippen LogP contribution in [0.15, 0.2) is 18.5 Å². The third-order valence-electron chi connectivity index (χ3n) is 2.38. The highest BCUT2D eigenvalue weighted by Crippen LogP contribution is 2.14. The highest BCUT2D eigenvalue weighted by molar-refractivity contribution is 7.92. The minimum Gasteiger partial charge on any atom is -0.480 e. The van der Waals surface area contributed by atoms with E-state index >= 15 is 0 Å². The lowest BCUT2D eigenvalue weighted by Gasteiger charge is -2.11. The van der Waals surface area contributed by atoms with Gasteiger partial charge in [0.1, 0.15) is 0 Å². The van der Waals surface area contributed by atoms with E-state index in [0.29, 0.717) is 5.56 Å². The minimum atomic E-state index is -3.68. The van der Waals surface area contributed by atoms with Gasteiger partial charge in [0, 0.05) is 12.4 Å². The number of rotatable bonds is 5. The van der Waals surface area contributed by atoms with Gasteiger partial charge >= 0.3 is 5.97 Å². The number of carboxylic acids is 1. The Bertz CT molecular complexity index is 510. The first kappa shape index (κ1) is 13.6. The predicted octanol–water partition coefficient (Wildman–Crippen LogP) is 1.17. The Labute approximate surface area is 100 Å². The molecule has 1 rings (SSSR count). The molecule has 0 aliphatic carbocycles. The predicted molar refractivity (Wildman–Crippen MR) is 63.3 cm³/mol. The monoisotopic (exact) mass is 257 g/mol. The van der Waals surface area contributed by atoms with Crippen molar-refractivity contribution in [2.45, 2.75) is 31.3 Å². The molecule has 0 radical (unpaired) electrons. The molecule has 0 spiro atoms. The van der Waals surface area contributed by atoms with Crippen molar-refractivity contribution in [3.05, 3.63) is 29.6 Å². The molecule has 1 aromatic heterocycles. The first-order chi connectivity index (χ1) is 7.86. The smallest absolute Gasteiger partial charge is 0.321 e. The first-order valence-corrected chi connectivity index (χ1v) is 6.93. The van der Waals surface area contributed by atoms with Gasteiger partial charge in [-0.1, -0.05) is 13.0 Å². The fraction of sp³-hybridized carbons (Fsp3) is 0.455. The van der Waals surface area contributed by atoms with Crippen molar-refractivity contribution < 1.29 is 18.3 Å². The molecule has 1 atom stereocenters. The summed E-state index contributed by atoms with van der Waals surface area (Å²) in [5.41, 5.74) is 1.37. The summed E-state index contributed by atoms with van der Waals surface area (Å²) in [6.07, 6.45) is 3.13. The topological polar surface area (TPSA) is 84.3 Å². The van der Waals surface area contributed by atoms with Gasteiger partial charge in [-0.15, -0.1) is 0 Å². The Morgan fingerprint density at radius 2 is 2.12 bits per heavy atom. The molecular weight excluding hydrogens is 242 g/mol. The summed E-state index contributed by atoms with van der Waals surface area (Å²) in [6, 6.07) is 1.69. The summed E-state index contributed by atoms with van der Waals surface area (Å²) in [5.74, 6) is -1.58. The van der Waals surface area contributed by atoms with E-state index in [4.69, 9.17) is 5.11 Å². The second kappa shape index (κ2) is 5.27. The molecule has 1 unspecified atom stereocenters. The molecule has 0 amide bonds. The highest BCUT2D eigenvalue weighted by Gasteiger charge is 2.30. The number of carboxylic acid groups (broad SMARTS) is 1. The Hall–Kier alpha value is -1.43. The number of pyridine rings is 1. The summed E-state index contributed by atoms with van der Waals surface area (Å²) in [5, 5.41) is 7.50. The van der Waals surface area contributed by atoms with Gasteiger partial charge in [0.05, 0.1) is 5.75 Å². The van der Waals surface area contributed by atoms with Crippen LogP contribution in [-0.4, -0.2) is 29.7 Å². The quantitative estimate of drug-likeness (QED) is 0.855. The van der Waals surface area contributed by atoms with E-state index in [-0.39, 0.29) is 12.2 Å². The van der Waals surface area contributed by atoms with Crippen LogP contribution in [0.25, 0.3) is 0 Å². The summed E-state index contributed by atoms with van der Waals surface area (Å²) >= 11 is 0. The number of aromatic nitrogens is 1. The van der Waals surface area contributed by atoms with E-state index in [9.17, 15) is 13.2 Å². The highest BCUT2D eigenvalue weighted by atomic mass is 32.2. The van der Waals surface area contributed by atoms with Crippen LogP contribution in [0.4, 0.5) is 0 Å². The summed E-state index contributed by atoms with van der Waals surface area (Å²) in [4.78, 5) is 14.7. The molecule has 0 aliphatic heterocycles. The molecule has 94 valence electrons. The second-order valence-electron chi connectivity index (χ2n) is 3.91. The molecule has 0 bridgehead atoms. The number of hydrogen-bond donors (Lipinski definition) is 1. The number of hydrogen-bond acceptors (Lipinski definition) is 4. The van der Waals surface area contributed by atoms with E-state index < -0.39 is 21.1 Å². The Morgan fingerprint density at radius 3 is 2.59 bits per heavy atom. The zero-order valence-electron chi connectivity index (χ0n) is 9.75. The average Bonchev–Trinajstić information content (AvgIpc) is 2.16. The van der Waals surface area contributed by atoms with E-state index in [1.54, 1.807) is 26.1 Å². The van der Waals surface area contributed by atoms with Crippen LogP contribution < -0.4 is 0 Å². The van der Waals surface area contributed by atoms with Crippen molar-refractivity contribution >= 4 is 15.8 Å². The van der Waals surface area contributed by atoms with Crippen molar-refractivity contribution in [3.8, 4) is 0 Å². The molecule has 1 aromatic rings. The number of sulfone groups is 1. The Kier molecular flexibility index (Phi) is 4.22. The van der Waals surface area contributed by atoms with Gasteiger partial charge in [-0.25, -0.2) is 8.42 Å². The van der Waals surface area contributed by atoms with Gasteiger partial charge < -0.3 is 5.11 Å². The van der Waals surface area contributed by atoms with Crippen molar-refractivity contribution in [3.63, 3.8) is 0 Å². The van der Waals surface area contributed by atoms with E-state index in [1.165, 1.54) is 6.20 Å². The Balaban J connectivity index is 2.97. The van der Waals surface area contributed by atoms with Gasteiger partial charge in [-0.3, -0.25) is 9.78 Å². The van der Waals surface area contributed by atoms with Crippen LogP contribution >= 0.6 is 0 Å². The molecule has 0 aliphatic rings. The maximum Gasteiger partial charge on any atom is 0.321 e. The van der Waals surface area contributed by atoms with Gasteiger partial charge in [-0.2, -0.15) is 0 Å². The molecule has 0 fully saturated rings. The Morgan fingerprint density at radius 1 is 1.47 bits per heavy atom. The molecule has 1 heterocycles. The largest absolute Gasteiger partial charge is 0.480 e. The first-order valence-electron chi connectivity index (χ1n) is 5.21. The van der Waals surface area contributed by atoms with E-state index in [0.717, 1.165) is 5.56 Å². The normalized spacial score (nSPS) is 13.3.